The van der Waals surface area contributed by atoms with Crippen LogP contribution in [0.2, 0.25) is 0 Å². The van der Waals surface area contributed by atoms with Gasteiger partial charge in [-0.15, -0.1) is 0 Å². The van der Waals surface area contributed by atoms with Crippen LogP contribution in [0.3, 0.4) is 0 Å². The molecule has 1 fully saturated rings. The molecule has 7 heteroatoms. The maximum absolute atomic E-state index is 11.8. The van der Waals surface area contributed by atoms with E-state index in [-0.39, 0.29) is 21.8 Å². The van der Waals surface area contributed by atoms with Crippen LogP contribution < -0.4 is 10.5 Å². The molecule has 0 aliphatic heterocycles. The van der Waals surface area contributed by atoms with Crippen LogP contribution in [0.1, 0.15) is 36.1 Å². The van der Waals surface area contributed by atoms with E-state index in [1.165, 1.54) is 6.92 Å². The summed E-state index contributed by atoms with van der Waals surface area (Å²) in [5.41, 5.74) is 0.181. The third-order valence-electron chi connectivity index (χ3n) is 3.18. The number of sulfonamides is 1. The largest absolute Gasteiger partial charge is 0.455 e. The summed E-state index contributed by atoms with van der Waals surface area (Å²) >= 11 is 0. The van der Waals surface area contributed by atoms with Crippen molar-refractivity contribution >= 4 is 15.9 Å². The molecule has 0 atom stereocenters. The maximum Gasteiger partial charge on any atom is 0.287 e. The first kappa shape index (κ1) is 13.1. The van der Waals surface area contributed by atoms with E-state index in [4.69, 9.17) is 9.56 Å². The number of aryl methyl sites for hydroxylation is 1. The van der Waals surface area contributed by atoms with Crippen LogP contribution in [0.4, 0.5) is 0 Å². The van der Waals surface area contributed by atoms with Crippen molar-refractivity contribution in [1.82, 2.24) is 5.32 Å². The van der Waals surface area contributed by atoms with Gasteiger partial charge in [-0.2, -0.15) is 0 Å². The fourth-order valence-corrected chi connectivity index (χ4v) is 2.34. The van der Waals surface area contributed by atoms with Gasteiger partial charge in [-0.1, -0.05) is 6.92 Å². The smallest absolute Gasteiger partial charge is 0.287 e. The molecule has 0 radical (unpaired) electrons. The fraction of sp³-hybridized carbons (Fsp3) is 0.545. The molecule has 1 heterocycles. The van der Waals surface area contributed by atoms with Crippen molar-refractivity contribution in [1.29, 1.82) is 0 Å². The Bertz CT molecular complexity index is 584. The quantitative estimate of drug-likeness (QED) is 0.844. The molecular formula is C11H16N2O4S. The van der Waals surface area contributed by atoms with Crippen LogP contribution in [0.5, 0.6) is 0 Å². The van der Waals surface area contributed by atoms with Gasteiger partial charge in [0.15, 0.2) is 5.76 Å². The molecule has 6 nitrogen and oxygen atoms in total. The first-order valence-corrected chi connectivity index (χ1v) is 7.17. The van der Waals surface area contributed by atoms with E-state index in [1.807, 2.05) is 0 Å². The molecule has 0 bridgehead atoms. The number of carbonyl (C=O) groups excluding carboxylic acids is 1. The Morgan fingerprint density at radius 2 is 2.17 bits per heavy atom. The third-order valence-corrected chi connectivity index (χ3v) is 4.20. The lowest BCUT2D eigenvalue weighted by Gasteiger charge is -2.08. The van der Waals surface area contributed by atoms with Gasteiger partial charge in [0.1, 0.15) is 10.7 Å². The molecular weight excluding hydrogens is 256 g/mol. The maximum atomic E-state index is 11.8. The number of hydrogen-bond acceptors (Lipinski definition) is 4. The molecule has 1 aliphatic carbocycles. The lowest BCUT2D eigenvalue weighted by Crippen LogP contribution is -2.28. The first-order chi connectivity index (χ1) is 8.21. The molecule has 0 unspecified atom stereocenters. The molecule has 100 valence electrons. The SMILES string of the molecule is Cc1oc(C(=O)NCC2(C)CC2)cc1S(N)(=O)=O. The van der Waals surface area contributed by atoms with Gasteiger partial charge >= 0.3 is 0 Å². The average Bonchev–Trinajstić information content (AvgIpc) is 2.83. The van der Waals surface area contributed by atoms with Crippen molar-refractivity contribution in [3.8, 4) is 0 Å². The molecule has 1 aliphatic rings. The number of nitrogens with one attached hydrogen (secondary N) is 1. The fourth-order valence-electron chi connectivity index (χ4n) is 1.63. The van der Waals surface area contributed by atoms with Gasteiger partial charge < -0.3 is 9.73 Å². The zero-order valence-corrected chi connectivity index (χ0v) is 11.1. The van der Waals surface area contributed by atoms with Crippen molar-refractivity contribution in [2.75, 3.05) is 6.54 Å². The number of amides is 1. The third kappa shape index (κ3) is 2.73. The zero-order chi connectivity index (χ0) is 13.6. The predicted octanol–water partition coefficient (Wildman–Crippen LogP) is 0.765. The van der Waals surface area contributed by atoms with Crippen LogP contribution in [0.25, 0.3) is 0 Å². The van der Waals surface area contributed by atoms with Crippen molar-refractivity contribution in [2.45, 2.75) is 31.6 Å². The Morgan fingerprint density at radius 1 is 1.56 bits per heavy atom. The minimum absolute atomic E-state index is 0.0271. The molecule has 3 N–H and O–H groups in total. The molecule has 1 saturated carbocycles. The van der Waals surface area contributed by atoms with Gasteiger partial charge in [0, 0.05) is 12.6 Å². The standard InChI is InChI=1S/C11H16N2O4S/c1-7-9(18(12,15)16)5-8(17-7)10(14)13-6-11(2)3-4-11/h5H,3-4,6H2,1-2H3,(H,13,14)(H2,12,15,16). The van der Waals surface area contributed by atoms with Gasteiger partial charge in [0.25, 0.3) is 5.91 Å². The number of carbonyl (C=O) groups is 1. The topological polar surface area (TPSA) is 102 Å². The summed E-state index contributed by atoms with van der Waals surface area (Å²) < 4.78 is 27.5. The molecule has 2 rings (SSSR count). The molecule has 18 heavy (non-hydrogen) atoms. The second-order valence-corrected chi connectivity index (χ2v) is 6.60. The van der Waals surface area contributed by atoms with E-state index in [9.17, 15) is 13.2 Å². The van der Waals surface area contributed by atoms with E-state index in [2.05, 4.69) is 12.2 Å². The Hall–Kier alpha value is -1.34. The van der Waals surface area contributed by atoms with E-state index >= 15 is 0 Å². The second-order valence-electron chi connectivity index (χ2n) is 5.07. The normalized spacial score (nSPS) is 17.5. The van der Waals surface area contributed by atoms with Gasteiger partial charge in [-0.25, -0.2) is 13.6 Å². The highest BCUT2D eigenvalue weighted by molar-refractivity contribution is 7.89. The van der Waals surface area contributed by atoms with Crippen molar-refractivity contribution < 1.29 is 17.6 Å². The Labute approximate surface area is 106 Å². The van der Waals surface area contributed by atoms with Crippen molar-refractivity contribution in [3.05, 3.63) is 17.6 Å². The van der Waals surface area contributed by atoms with E-state index in [0.717, 1.165) is 18.9 Å². The van der Waals surface area contributed by atoms with Gasteiger partial charge in [-0.05, 0) is 25.2 Å². The Morgan fingerprint density at radius 3 is 2.61 bits per heavy atom. The van der Waals surface area contributed by atoms with Crippen LogP contribution in [-0.4, -0.2) is 20.9 Å². The number of primary sulfonamides is 1. The molecule has 1 amide bonds. The summed E-state index contributed by atoms with van der Waals surface area (Å²) in [6.45, 7) is 4.10. The lowest BCUT2D eigenvalue weighted by molar-refractivity contribution is 0.0917. The Kier molecular flexibility index (Phi) is 2.98. The first-order valence-electron chi connectivity index (χ1n) is 5.63. The summed E-state index contributed by atoms with van der Waals surface area (Å²) in [6.07, 6.45) is 2.18. The van der Waals surface area contributed by atoms with Crippen molar-refractivity contribution in [2.24, 2.45) is 10.6 Å². The summed E-state index contributed by atoms with van der Waals surface area (Å²) in [4.78, 5) is 11.6. The lowest BCUT2D eigenvalue weighted by atomic mass is 10.1. The average molecular weight is 272 g/mol. The minimum Gasteiger partial charge on any atom is -0.455 e. The number of rotatable bonds is 4. The molecule has 0 spiro atoms. The van der Waals surface area contributed by atoms with Gasteiger partial charge in [0.2, 0.25) is 10.0 Å². The molecule has 1 aromatic rings. The van der Waals surface area contributed by atoms with Crippen LogP contribution in [-0.2, 0) is 10.0 Å². The predicted molar refractivity (Wildman–Crippen MR) is 64.5 cm³/mol. The molecule has 0 saturated heterocycles. The zero-order valence-electron chi connectivity index (χ0n) is 10.3. The summed E-state index contributed by atoms with van der Waals surface area (Å²) in [5, 5.41) is 7.73. The highest BCUT2D eigenvalue weighted by Gasteiger charge is 2.37. The summed E-state index contributed by atoms with van der Waals surface area (Å²) in [6, 6.07) is 1.16. The monoisotopic (exact) mass is 272 g/mol. The number of hydrogen-bond donors (Lipinski definition) is 2. The number of furan rings is 1. The minimum atomic E-state index is -3.85. The number of nitrogens with two attached hydrogens (primary N) is 1. The van der Waals surface area contributed by atoms with Crippen LogP contribution in [0.15, 0.2) is 15.4 Å². The van der Waals surface area contributed by atoms with Crippen LogP contribution in [0, 0.1) is 12.3 Å². The second kappa shape index (κ2) is 4.10. The van der Waals surface area contributed by atoms with Crippen molar-refractivity contribution in [3.63, 3.8) is 0 Å². The highest BCUT2D eigenvalue weighted by atomic mass is 32.2. The van der Waals surface area contributed by atoms with E-state index in [1.54, 1.807) is 0 Å². The summed E-state index contributed by atoms with van der Waals surface area (Å²) in [5.74, 6) is -0.317. The molecule has 1 aromatic heterocycles. The summed E-state index contributed by atoms with van der Waals surface area (Å²) in [7, 11) is -3.85. The molecule has 0 aromatic carbocycles. The van der Waals surface area contributed by atoms with E-state index < -0.39 is 15.9 Å². The van der Waals surface area contributed by atoms with Gasteiger partial charge in [-0.3, -0.25) is 4.79 Å². The van der Waals surface area contributed by atoms with Gasteiger partial charge in [0.05, 0.1) is 0 Å². The van der Waals surface area contributed by atoms with E-state index in [0.29, 0.717) is 6.54 Å². The van der Waals surface area contributed by atoms with Crippen LogP contribution >= 0.6 is 0 Å². The Balaban J connectivity index is 2.11. The highest BCUT2D eigenvalue weighted by Crippen LogP contribution is 2.44.